The van der Waals surface area contributed by atoms with Gasteiger partial charge in [0.2, 0.25) is 0 Å². The van der Waals surface area contributed by atoms with Crippen LogP contribution in [0, 0.1) is 0 Å². The third-order valence-electron chi connectivity index (χ3n) is 2.61. The van der Waals surface area contributed by atoms with E-state index in [0.717, 1.165) is 5.56 Å². The molecule has 1 atom stereocenters. The third kappa shape index (κ3) is 3.16. The Morgan fingerprint density at radius 2 is 1.39 bits per heavy atom. The first-order chi connectivity index (χ1) is 8.57. The number of hydrogen-bond donors (Lipinski definition) is 2. The lowest BCUT2D eigenvalue weighted by atomic mass is 10.2. The average Bonchev–Trinajstić information content (AvgIpc) is 2.37. The molecule has 4 nitrogen and oxygen atoms in total. The van der Waals surface area contributed by atoms with Gasteiger partial charge < -0.3 is 0 Å². The molecule has 0 fully saturated rings. The van der Waals surface area contributed by atoms with Gasteiger partial charge in [-0.3, -0.25) is 0 Å². The average molecular weight is 264 g/mol. The quantitative estimate of drug-likeness (QED) is 0.816. The van der Waals surface area contributed by atoms with Crippen LogP contribution >= 0.6 is 0 Å². The van der Waals surface area contributed by atoms with Crippen molar-refractivity contribution in [3.63, 3.8) is 0 Å². The summed E-state index contributed by atoms with van der Waals surface area (Å²) in [6.45, 7) is 0.184. The first kappa shape index (κ1) is 12.8. The molecule has 94 valence electrons. The molecule has 2 rings (SSSR count). The monoisotopic (exact) mass is 264 g/mol. The van der Waals surface area contributed by atoms with E-state index in [1.807, 2.05) is 30.3 Å². The molecule has 18 heavy (non-hydrogen) atoms. The van der Waals surface area contributed by atoms with Gasteiger partial charge in [0.25, 0.3) is 0 Å². The minimum Gasteiger partial charge on any atom is -0.241 e. The summed E-state index contributed by atoms with van der Waals surface area (Å²) in [7, 11) is -4.20. The molecule has 0 amide bonds. The number of nitrogens with one attached hydrogen (secondary N) is 1. The van der Waals surface area contributed by atoms with Crippen LogP contribution in [0.2, 0.25) is 0 Å². The van der Waals surface area contributed by atoms with Crippen LogP contribution in [0.1, 0.15) is 5.56 Å². The molecule has 0 radical (unpaired) electrons. The van der Waals surface area contributed by atoms with Crippen molar-refractivity contribution in [1.29, 1.82) is 0 Å². The first-order valence-electron chi connectivity index (χ1n) is 5.50. The molecule has 0 spiro atoms. The van der Waals surface area contributed by atoms with E-state index in [2.05, 4.69) is 0 Å². The SMILES string of the molecule is O=S(=O)(O)[NH+](Cc1ccccc1)c1ccccc1. The van der Waals surface area contributed by atoms with E-state index < -0.39 is 10.3 Å². The van der Waals surface area contributed by atoms with Gasteiger partial charge in [-0.15, -0.1) is 8.42 Å². The van der Waals surface area contributed by atoms with E-state index >= 15 is 0 Å². The van der Waals surface area contributed by atoms with Crippen LogP contribution in [0.4, 0.5) is 5.69 Å². The molecule has 0 saturated carbocycles. The Hall–Kier alpha value is -1.69. The second-order valence-electron chi connectivity index (χ2n) is 3.93. The Labute approximate surface area is 106 Å². The van der Waals surface area contributed by atoms with Crippen molar-refractivity contribution in [3.8, 4) is 0 Å². The summed E-state index contributed by atoms with van der Waals surface area (Å²) in [5.74, 6) is 0. The lowest BCUT2D eigenvalue weighted by Crippen LogP contribution is -3.07. The van der Waals surface area contributed by atoms with Crippen LogP contribution in [0.3, 0.4) is 0 Å². The normalized spacial score (nSPS) is 13.2. The summed E-state index contributed by atoms with van der Waals surface area (Å²) < 4.78 is 32.3. The Kier molecular flexibility index (Phi) is 3.76. The van der Waals surface area contributed by atoms with Gasteiger partial charge in [-0.05, 0) is 0 Å². The van der Waals surface area contributed by atoms with Gasteiger partial charge in [-0.25, -0.2) is 4.55 Å². The molecule has 0 bridgehead atoms. The zero-order chi connectivity index (χ0) is 13.0. The fourth-order valence-corrected chi connectivity index (χ4v) is 2.53. The Morgan fingerprint density at radius 3 is 1.89 bits per heavy atom. The predicted octanol–water partition coefficient (Wildman–Crippen LogP) is 1.21. The van der Waals surface area contributed by atoms with Crippen LogP contribution in [-0.4, -0.2) is 13.0 Å². The summed E-state index contributed by atoms with van der Waals surface area (Å²) in [4.78, 5) is 0. The molecule has 1 unspecified atom stereocenters. The highest BCUT2D eigenvalue weighted by Gasteiger charge is 2.25. The van der Waals surface area contributed by atoms with Crippen molar-refractivity contribution in [3.05, 3.63) is 66.2 Å². The van der Waals surface area contributed by atoms with E-state index in [1.54, 1.807) is 30.3 Å². The standard InChI is InChI=1S/C13H13NO3S/c15-18(16,17)14(13-9-5-2-6-10-13)11-12-7-3-1-4-8-12/h1-10H,11H2,(H,15,16,17)/p+1. The van der Waals surface area contributed by atoms with Gasteiger partial charge in [0.15, 0.2) is 0 Å². The lowest BCUT2D eigenvalue weighted by Gasteiger charge is -2.14. The number of quaternary nitrogens is 1. The minimum absolute atomic E-state index is 0.0225. The maximum absolute atomic E-state index is 11.5. The summed E-state index contributed by atoms with van der Waals surface area (Å²) in [6.07, 6.45) is 0. The molecular formula is C13H14NO3S+. The van der Waals surface area contributed by atoms with Gasteiger partial charge in [0.1, 0.15) is 12.2 Å². The van der Waals surface area contributed by atoms with E-state index in [-0.39, 0.29) is 10.8 Å². The van der Waals surface area contributed by atoms with Crippen molar-refractivity contribution in [1.82, 2.24) is 0 Å². The molecule has 2 N–H and O–H groups in total. The maximum atomic E-state index is 11.5. The number of benzene rings is 2. The van der Waals surface area contributed by atoms with Crippen LogP contribution in [0.15, 0.2) is 60.7 Å². The van der Waals surface area contributed by atoms with Crippen molar-refractivity contribution in [2.75, 3.05) is 0 Å². The zero-order valence-corrected chi connectivity index (χ0v) is 10.5. The van der Waals surface area contributed by atoms with Crippen LogP contribution in [0.5, 0.6) is 0 Å². The van der Waals surface area contributed by atoms with Crippen LogP contribution < -0.4 is 4.31 Å². The maximum Gasteiger partial charge on any atom is 0.436 e. The number of hydrogen-bond acceptors (Lipinski definition) is 2. The topological polar surface area (TPSA) is 58.8 Å². The molecule has 0 heterocycles. The fourth-order valence-electron chi connectivity index (χ4n) is 1.75. The van der Waals surface area contributed by atoms with Crippen LogP contribution in [0.25, 0.3) is 0 Å². The Morgan fingerprint density at radius 1 is 0.889 bits per heavy atom. The second kappa shape index (κ2) is 5.30. The molecule has 0 aliphatic heterocycles. The summed E-state index contributed by atoms with van der Waals surface area (Å²) in [5.41, 5.74) is 1.36. The van der Waals surface area contributed by atoms with E-state index in [0.29, 0.717) is 5.69 Å². The molecular weight excluding hydrogens is 250 g/mol. The van der Waals surface area contributed by atoms with Crippen molar-refractivity contribution in [2.45, 2.75) is 6.54 Å². The molecule has 5 heteroatoms. The highest BCUT2D eigenvalue weighted by molar-refractivity contribution is 7.79. The molecule has 2 aromatic rings. The highest BCUT2D eigenvalue weighted by Crippen LogP contribution is 2.03. The minimum atomic E-state index is -4.20. The second-order valence-corrected chi connectivity index (χ2v) is 5.37. The van der Waals surface area contributed by atoms with Gasteiger partial charge in [0, 0.05) is 17.7 Å². The largest absolute Gasteiger partial charge is 0.436 e. The van der Waals surface area contributed by atoms with E-state index in [4.69, 9.17) is 0 Å². The number of rotatable bonds is 4. The third-order valence-corrected chi connectivity index (χ3v) is 3.62. The van der Waals surface area contributed by atoms with Gasteiger partial charge in [0.05, 0.1) is 0 Å². The fraction of sp³-hybridized carbons (Fsp3) is 0.0769. The predicted molar refractivity (Wildman–Crippen MR) is 68.8 cm³/mol. The Bertz CT molecular complexity index is 597. The van der Waals surface area contributed by atoms with Gasteiger partial charge in [-0.1, -0.05) is 48.5 Å². The van der Waals surface area contributed by atoms with E-state index in [1.165, 1.54) is 0 Å². The van der Waals surface area contributed by atoms with Crippen molar-refractivity contribution >= 4 is 16.0 Å². The summed E-state index contributed by atoms with van der Waals surface area (Å²) in [6, 6.07) is 17.8. The summed E-state index contributed by atoms with van der Waals surface area (Å²) >= 11 is 0. The van der Waals surface area contributed by atoms with Crippen molar-refractivity contribution < 1.29 is 17.3 Å². The zero-order valence-electron chi connectivity index (χ0n) is 9.65. The van der Waals surface area contributed by atoms with Gasteiger partial charge in [-0.2, -0.15) is 4.31 Å². The lowest BCUT2D eigenvalue weighted by molar-refractivity contribution is -0.712. The van der Waals surface area contributed by atoms with Crippen molar-refractivity contribution in [2.24, 2.45) is 0 Å². The first-order valence-corrected chi connectivity index (χ1v) is 6.94. The summed E-state index contributed by atoms with van der Waals surface area (Å²) in [5, 5.41) is 0. The molecule has 2 aromatic carbocycles. The van der Waals surface area contributed by atoms with Gasteiger partial charge >= 0.3 is 10.3 Å². The molecule has 0 saturated heterocycles. The smallest absolute Gasteiger partial charge is 0.241 e. The van der Waals surface area contributed by atoms with Crippen LogP contribution in [-0.2, 0) is 16.8 Å². The number of para-hydroxylation sites is 1. The molecule has 0 aliphatic rings. The molecule has 0 aromatic heterocycles. The van der Waals surface area contributed by atoms with E-state index in [9.17, 15) is 13.0 Å². The Balaban J connectivity index is 2.34. The molecule has 0 aliphatic carbocycles. The highest BCUT2D eigenvalue weighted by atomic mass is 32.2.